The van der Waals surface area contributed by atoms with Gasteiger partial charge >= 0.3 is 11.6 Å². The molecule has 6 heteroatoms. The van der Waals surface area contributed by atoms with Crippen LogP contribution in [0.1, 0.15) is 39.0 Å². The van der Waals surface area contributed by atoms with Crippen LogP contribution in [0, 0.1) is 10.1 Å². The fourth-order valence-electron chi connectivity index (χ4n) is 2.48. The molecule has 1 aliphatic rings. The number of amides is 2. The third-order valence-electron chi connectivity index (χ3n) is 3.53. The Morgan fingerprint density at radius 1 is 1.65 bits per heavy atom. The highest BCUT2D eigenvalue weighted by atomic mass is 127. The molecule has 0 unspecified atom stereocenters. The van der Waals surface area contributed by atoms with Crippen LogP contribution in [0.15, 0.2) is 4.99 Å². The van der Waals surface area contributed by atoms with Gasteiger partial charge in [0.1, 0.15) is 9.64 Å². The molecule has 3 N–H and O–H groups in total. The lowest BCUT2D eigenvalue weighted by atomic mass is 9.72. The summed E-state index contributed by atoms with van der Waals surface area (Å²) in [5, 5.41) is 0. The van der Waals surface area contributed by atoms with Crippen molar-refractivity contribution in [1.82, 2.24) is 0 Å². The molecule has 5 nitrogen and oxygen atoms in total. The third-order valence-corrected chi connectivity index (χ3v) is 6.80. The van der Waals surface area contributed by atoms with E-state index in [9.17, 15) is 4.79 Å². The summed E-state index contributed by atoms with van der Waals surface area (Å²) in [5.74, 6) is 0. The minimum Gasteiger partial charge on any atom is -0.350 e. The van der Waals surface area contributed by atoms with Crippen LogP contribution in [-0.2, 0) is 0 Å². The van der Waals surface area contributed by atoms with Crippen LogP contribution < -0.4 is 5.73 Å². The van der Waals surface area contributed by atoms with E-state index in [1.165, 1.54) is 6.21 Å². The number of aliphatic imine (C=N–C) groups is 1. The summed E-state index contributed by atoms with van der Waals surface area (Å²) in [7, 11) is 0. The maximum Gasteiger partial charge on any atom is 0.338 e. The molecule has 17 heavy (non-hydrogen) atoms. The average molecular weight is 349 g/mol. The number of hydrogen-bond donors (Lipinski definition) is 2. The summed E-state index contributed by atoms with van der Waals surface area (Å²) in [4.78, 5) is 18.4. The lowest BCUT2D eigenvalue weighted by Crippen LogP contribution is -2.51. The average Bonchev–Trinajstić information content (AvgIpc) is 2.36. The van der Waals surface area contributed by atoms with E-state index in [1.54, 1.807) is 0 Å². The van der Waals surface area contributed by atoms with Gasteiger partial charge in [0.25, 0.3) is 6.57 Å². The number of carbonyl (C=O) groups is 1. The predicted octanol–water partition coefficient (Wildman–Crippen LogP) is 3.29. The van der Waals surface area contributed by atoms with Gasteiger partial charge in [-0.3, -0.25) is 3.56 Å². The van der Waals surface area contributed by atoms with Crippen molar-refractivity contribution in [2.75, 3.05) is 0 Å². The highest BCUT2D eigenvalue weighted by Crippen LogP contribution is 2.50. The molecule has 2 atom stereocenters. The highest BCUT2D eigenvalue weighted by Gasteiger charge is 2.59. The monoisotopic (exact) mass is 349 g/mol. The van der Waals surface area contributed by atoms with Crippen LogP contribution in [0.25, 0.3) is 4.85 Å². The molecule has 0 bridgehead atoms. The zero-order valence-electron chi connectivity index (χ0n) is 9.95. The van der Waals surface area contributed by atoms with Gasteiger partial charge < -0.3 is 5.73 Å². The van der Waals surface area contributed by atoms with Crippen LogP contribution in [0.5, 0.6) is 0 Å². The Balaban J connectivity index is 3.21. The van der Waals surface area contributed by atoms with Crippen LogP contribution in [0.4, 0.5) is 4.79 Å². The normalized spacial score (nSPS) is 33.4. The lowest BCUT2D eigenvalue weighted by Gasteiger charge is -2.36. The van der Waals surface area contributed by atoms with Crippen molar-refractivity contribution >= 4 is 33.3 Å². The minimum atomic E-state index is -0.796. The number of nitrogens with zero attached hydrogens (tertiary/aromatic N) is 2. The number of rotatable bonds is 3. The summed E-state index contributed by atoms with van der Waals surface area (Å²) in [6.07, 6.45) is 6.12. The largest absolute Gasteiger partial charge is 0.350 e. The van der Waals surface area contributed by atoms with Crippen molar-refractivity contribution in [1.29, 1.82) is 3.56 Å². The molecule has 0 aliphatic heterocycles. The van der Waals surface area contributed by atoms with Crippen molar-refractivity contribution < 1.29 is 4.79 Å². The summed E-state index contributed by atoms with van der Waals surface area (Å²) in [6, 6.07) is -0.730. The molecular formula is C11H18IN4O+. The summed E-state index contributed by atoms with van der Waals surface area (Å²) >= 11 is -0.796. The van der Waals surface area contributed by atoms with E-state index in [1.807, 2.05) is 0 Å². The van der Waals surface area contributed by atoms with Crippen molar-refractivity contribution in [3.8, 4) is 6.57 Å². The predicted molar refractivity (Wildman–Crippen MR) is 77.3 cm³/mol. The van der Waals surface area contributed by atoms with Gasteiger partial charge in [-0.2, -0.15) is 4.99 Å². The van der Waals surface area contributed by atoms with Crippen LogP contribution in [0.2, 0.25) is 0 Å². The Labute approximate surface area is 112 Å². The number of urea groups is 1. The molecule has 0 radical (unpaired) electrons. The van der Waals surface area contributed by atoms with Crippen LogP contribution >= 0.6 is 21.0 Å². The number of alkyl halides is 1. The van der Waals surface area contributed by atoms with E-state index >= 15 is 0 Å². The topological polar surface area (TPSA) is 83.7 Å². The van der Waals surface area contributed by atoms with E-state index in [0.717, 1.165) is 32.1 Å². The van der Waals surface area contributed by atoms with Gasteiger partial charge in [0.15, 0.2) is 0 Å². The molecule has 0 aromatic carbocycles. The van der Waals surface area contributed by atoms with Crippen LogP contribution in [-0.4, -0.2) is 21.2 Å². The zero-order valence-corrected chi connectivity index (χ0v) is 12.1. The summed E-state index contributed by atoms with van der Waals surface area (Å²) < 4.78 is 7.70. The van der Waals surface area contributed by atoms with Gasteiger partial charge in [-0.15, -0.1) is 0 Å². The second-order valence-corrected chi connectivity index (χ2v) is 6.87. The Hall–Kier alpha value is -0.840. The van der Waals surface area contributed by atoms with Crippen molar-refractivity contribution in [3.63, 3.8) is 0 Å². The molecule has 1 saturated carbocycles. The zero-order chi connectivity index (χ0) is 12.9. The molecule has 0 spiro atoms. The molecule has 0 aromatic heterocycles. The Morgan fingerprint density at radius 3 is 2.76 bits per heavy atom. The van der Waals surface area contributed by atoms with E-state index in [-0.39, 0.29) is 3.42 Å². The Bertz CT molecular complexity index is 389. The molecule has 0 aromatic rings. The highest BCUT2D eigenvalue weighted by molar-refractivity contribution is 14.2. The van der Waals surface area contributed by atoms with Gasteiger partial charge in [0, 0.05) is 6.42 Å². The number of nitrogens with one attached hydrogen (secondary N) is 1. The number of halogens is 1. The lowest BCUT2D eigenvalue weighted by molar-refractivity contribution is 0.256. The number of primary amides is 1. The van der Waals surface area contributed by atoms with Gasteiger partial charge in [0.05, 0.1) is 0 Å². The van der Waals surface area contributed by atoms with Gasteiger partial charge in [0.2, 0.25) is 0 Å². The summed E-state index contributed by atoms with van der Waals surface area (Å²) in [5.41, 5.74) is 4.37. The SMILES string of the molecule is C#[N+][C@]1(C=NC(N)=O)CCCC[C@]1(CC)I=N. The first-order valence-corrected chi connectivity index (χ1v) is 7.80. The quantitative estimate of drug-likeness (QED) is 0.457. The molecule has 2 amide bonds. The first-order valence-electron chi connectivity index (χ1n) is 5.64. The smallest absolute Gasteiger partial charge is 0.338 e. The van der Waals surface area contributed by atoms with Crippen molar-refractivity contribution in [2.24, 2.45) is 10.7 Å². The Morgan fingerprint density at radius 2 is 2.29 bits per heavy atom. The van der Waals surface area contributed by atoms with Gasteiger partial charge in [-0.1, -0.05) is 18.2 Å². The minimum absolute atomic E-state index is 0.210. The second-order valence-electron chi connectivity index (χ2n) is 4.27. The fraction of sp³-hybridized carbons (Fsp3) is 0.727. The van der Waals surface area contributed by atoms with Crippen molar-refractivity contribution in [3.05, 3.63) is 4.85 Å². The van der Waals surface area contributed by atoms with Gasteiger partial charge in [-0.25, -0.2) is 4.79 Å². The molecule has 1 aliphatic carbocycles. The standard InChI is InChI=1S/C11H17IN4O/c1-3-10(12-14)6-4-5-7-11(10,15-2)8-16-9(13)17/h2,8,14H,3-7H2,1H3,(H-,13,17)/p+1/t10-,11-/m0/s1. The molecular weight excluding hydrogens is 331 g/mol. The Kier molecular flexibility index (Phi) is 4.74. The second kappa shape index (κ2) is 5.67. The first kappa shape index (κ1) is 14.2. The maximum absolute atomic E-state index is 10.8. The van der Waals surface area contributed by atoms with E-state index in [2.05, 4.69) is 16.8 Å². The fourth-order valence-corrected chi connectivity index (χ4v) is 4.53. The maximum atomic E-state index is 10.8. The van der Waals surface area contributed by atoms with Gasteiger partial charge in [-0.05, 0) is 40.3 Å². The first-order chi connectivity index (χ1) is 8.06. The van der Waals surface area contributed by atoms with Crippen LogP contribution in [0.3, 0.4) is 0 Å². The third kappa shape index (κ3) is 2.54. The number of hydrogen-bond acceptors (Lipinski definition) is 2. The number of nitrogens with two attached hydrogens (primary N) is 1. The molecule has 1 fully saturated rings. The molecule has 94 valence electrons. The van der Waals surface area contributed by atoms with Crippen molar-refractivity contribution in [2.45, 2.75) is 48.0 Å². The summed E-state index contributed by atoms with van der Waals surface area (Å²) in [6.45, 7) is 7.62. The number of carbonyl (C=O) groups excluding carboxylic acids is 1. The molecule has 0 saturated heterocycles. The van der Waals surface area contributed by atoms with E-state index in [4.69, 9.17) is 15.9 Å². The van der Waals surface area contributed by atoms with E-state index < -0.39 is 32.6 Å². The van der Waals surface area contributed by atoms with E-state index in [0.29, 0.717) is 0 Å². The molecule has 1 rings (SSSR count). The molecule has 0 heterocycles.